The van der Waals surface area contributed by atoms with E-state index in [0.717, 1.165) is 25.8 Å². The summed E-state index contributed by atoms with van der Waals surface area (Å²) in [6.07, 6.45) is 2.80. The maximum absolute atomic E-state index is 11.8. The number of carbonyl (C=O) groups excluding carboxylic acids is 1. The number of carbonyl (C=O) groups is 1. The fourth-order valence-corrected chi connectivity index (χ4v) is 2.45. The molecule has 2 atom stereocenters. The molecule has 1 aliphatic heterocycles. The van der Waals surface area contributed by atoms with Crippen LogP contribution in [0.4, 0.5) is 0 Å². The zero-order valence-electron chi connectivity index (χ0n) is 11.1. The van der Waals surface area contributed by atoms with Crippen LogP contribution in [0.1, 0.15) is 30.9 Å². The minimum Gasteiger partial charge on any atom is -0.462 e. The van der Waals surface area contributed by atoms with Gasteiger partial charge in [0, 0.05) is 6.54 Å². The highest BCUT2D eigenvalue weighted by atomic mass is 16.5. The molecule has 2 unspecified atom stereocenters. The van der Waals surface area contributed by atoms with Gasteiger partial charge < -0.3 is 10.1 Å². The van der Waals surface area contributed by atoms with E-state index in [2.05, 4.69) is 29.6 Å². The molecule has 2 rings (SSSR count). The molecule has 1 aromatic carbocycles. The van der Waals surface area contributed by atoms with Gasteiger partial charge in [0.25, 0.3) is 0 Å². The molecular weight excluding hydrogens is 226 g/mol. The molecule has 1 N–H and O–H groups in total. The van der Waals surface area contributed by atoms with Crippen LogP contribution in [0.25, 0.3) is 0 Å². The van der Waals surface area contributed by atoms with E-state index in [-0.39, 0.29) is 18.0 Å². The monoisotopic (exact) mass is 247 g/mol. The average Bonchev–Trinajstić information content (AvgIpc) is 2.34. The van der Waals surface area contributed by atoms with Gasteiger partial charge >= 0.3 is 5.97 Å². The summed E-state index contributed by atoms with van der Waals surface area (Å²) in [5, 5.41) is 3.14. The van der Waals surface area contributed by atoms with Gasteiger partial charge in [-0.3, -0.25) is 4.79 Å². The van der Waals surface area contributed by atoms with Crippen molar-refractivity contribution in [3.63, 3.8) is 0 Å². The highest BCUT2D eigenvalue weighted by Gasteiger charge is 2.27. The van der Waals surface area contributed by atoms with Crippen LogP contribution in [-0.2, 0) is 22.5 Å². The topological polar surface area (TPSA) is 38.3 Å². The second-order valence-electron chi connectivity index (χ2n) is 5.08. The smallest absolute Gasteiger partial charge is 0.309 e. The van der Waals surface area contributed by atoms with Crippen molar-refractivity contribution >= 4 is 5.97 Å². The number of hydrogen-bond acceptors (Lipinski definition) is 3. The Bertz CT molecular complexity index is 417. The van der Waals surface area contributed by atoms with Gasteiger partial charge in [0.15, 0.2) is 0 Å². The van der Waals surface area contributed by atoms with Gasteiger partial charge in [0.2, 0.25) is 0 Å². The Morgan fingerprint density at radius 2 is 2.11 bits per heavy atom. The highest BCUT2D eigenvalue weighted by Crippen LogP contribution is 2.23. The van der Waals surface area contributed by atoms with Crippen molar-refractivity contribution < 1.29 is 9.53 Å². The lowest BCUT2D eigenvalue weighted by Crippen LogP contribution is -2.30. The van der Waals surface area contributed by atoms with Gasteiger partial charge in [-0.05, 0) is 44.4 Å². The van der Waals surface area contributed by atoms with Gasteiger partial charge in [0.05, 0.1) is 12.0 Å². The van der Waals surface area contributed by atoms with E-state index < -0.39 is 0 Å². The number of esters is 1. The Morgan fingerprint density at radius 3 is 2.83 bits per heavy atom. The molecule has 0 saturated carbocycles. The lowest BCUT2D eigenvalue weighted by Gasteiger charge is -2.25. The van der Waals surface area contributed by atoms with E-state index in [1.807, 2.05) is 14.0 Å². The molecule has 0 bridgehead atoms. The van der Waals surface area contributed by atoms with E-state index in [9.17, 15) is 4.79 Å². The molecule has 1 fully saturated rings. The number of rotatable bonds is 4. The number of nitrogens with one attached hydrogen (secondary N) is 1. The molecule has 0 amide bonds. The first-order chi connectivity index (χ1) is 8.69. The quantitative estimate of drug-likeness (QED) is 0.830. The predicted molar refractivity (Wildman–Crippen MR) is 71.2 cm³/mol. The molecule has 0 radical (unpaired) electrons. The van der Waals surface area contributed by atoms with E-state index >= 15 is 0 Å². The first-order valence-corrected chi connectivity index (χ1v) is 6.62. The van der Waals surface area contributed by atoms with Crippen LogP contribution in [-0.4, -0.2) is 19.1 Å². The molecule has 1 aromatic rings. The van der Waals surface area contributed by atoms with Crippen LogP contribution in [0.5, 0.6) is 0 Å². The van der Waals surface area contributed by atoms with Crippen LogP contribution in [0.3, 0.4) is 0 Å². The Balaban J connectivity index is 2.00. The maximum atomic E-state index is 11.8. The summed E-state index contributed by atoms with van der Waals surface area (Å²) in [7, 11) is 1.94. The van der Waals surface area contributed by atoms with Gasteiger partial charge in [0.1, 0.15) is 0 Å². The molecule has 18 heavy (non-hydrogen) atoms. The minimum absolute atomic E-state index is 0.0334. The average molecular weight is 247 g/mol. The third kappa shape index (κ3) is 3.33. The van der Waals surface area contributed by atoms with Crippen molar-refractivity contribution in [3.8, 4) is 0 Å². The second-order valence-corrected chi connectivity index (χ2v) is 5.08. The maximum Gasteiger partial charge on any atom is 0.309 e. The summed E-state index contributed by atoms with van der Waals surface area (Å²) in [5.74, 6) is -0.00111. The predicted octanol–water partition coefficient (Wildman–Crippen LogP) is 2.29. The standard InChI is InChI=1S/C15H21NO2/c1-11-6-7-14(15(17)18-11)9-12-4-3-5-13(8-12)10-16-2/h3-5,8,11,14,16H,6-7,9-10H2,1-2H3. The number of cyclic esters (lactones) is 1. The molecule has 3 nitrogen and oxygen atoms in total. The Morgan fingerprint density at radius 1 is 1.33 bits per heavy atom. The van der Waals surface area contributed by atoms with Crippen molar-refractivity contribution in [2.75, 3.05) is 7.05 Å². The first kappa shape index (κ1) is 13.1. The van der Waals surface area contributed by atoms with Crippen molar-refractivity contribution in [1.82, 2.24) is 5.32 Å². The summed E-state index contributed by atoms with van der Waals surface area (Å²) >= 11 is 0. The minimum atomic E-state index is -0.0345. The first-order valence-electron chi connectivity index (χ1n) is 6.62. The van der Waals surface area contributed by atoms with Crippen LogP contribution >= 0.6 is 0 Å². The summed E-state index contributed by atoms with van der Waals surface area (Å²) in [4.78, 5) is 11.8. The van der Waals surface area contributed by atoms with E-state index in [0.29, 0.717) is 0 Å². The Kier molecular flexibility index (Phi) is 4.37. The zero-order chi connectivity index (χ0) is 13.0. The second kappa shape index (κ2) is 6.01. The zero-order valence-corrected chi connectivity index (χ0v) is 11.1. The number of benzene rings is 1. The molecule has 0 aliphatic carbocycles. The third-order valence-electron chi connectivity index (χ3n) is 3.43. The normalized spacial score (nSPS) is 23.8. The van der Waals surface area contributed by atoms with Gasteiger partial charge in [-0.15, -0.1) is 0 Å². The van der Waals surface area contributed by atoms with Crippen LogP contribution in [0, 0.1) is 5.92 Å². The van der Waals surface area contributed by atoms with Crippen molar-refractivity contribution in [2.24, 2.45) is 5.92 Å². The summed E-state index contributed by atoms with van der Waals surface area (Å²) in [6.45, 7) is 2.82. The fourth-order valence-electron chi connectivity index (χ4n) is 2.45. The lowest BCUT2D eigenvalue weighted by atomic mass is 9.91. The van der Waals surface area contributed by atoms with Gasteiger partial charge in [-0.25, -0.2) is 0 Å². The van der Waals surface area contributed by atoms with Gasteiger partial charge in [-0.1, -0.05) is 24.3 Å². The van der Waals surface area contributed by atoms with Crippen molar-refractivity contribution in [3.05, 3.63) is 35.4 Å². The SMILES string of the molecule is CNCc1cccc(CC2CCC(C)OC2=O)c1. The largest absolute Gasteiger partial charge is 0.462 e. The van der Waals surface area contributed by atoms with Crippen LogP contribution in [0.2, 0.25) is 0 Å². The molecule has 1 aliphatic rings. The lowest BCUT2D eigenvalue weighted by molar-refractivity contribution is -0.158. The van der Waals surface area contributed by atoms with E-state index in [1.165, 1.54) is 11.1 Å². The number of hydrogen-bond donors (Lipinski definition) is 1. The molecule has 1 heterocycles. The molecule has 0 aromatic heterocycles. The van der Waals surface area contributed by atoms with Crippen LogP contribution in [0.15, 0.2) is 24.3 Å². The molecule has 98 valence electrons. The van der Waals surface area contributed by atoms with Crippen LogP contribution < -0.4 is 5.32 Å². The van der Waals surface area contributed by atoms with Gasteiger partial charge in [-0.2, -0.15) is 0 Å². The summed E-state index contributed by atoms with van der Waals surface area (Å²) in [6, 6.07) is 8.41. The Labute approximate surface area is 109 Å². The highest BCUT2D eigenvalue weighted by molar-refractivity contribution is 5.73. The molecule has 0 spiro atoms. The Hall–Kier alpha value is -1.35. The molecular formula is C15H21NO2. The fraction of sp³-hybridized carbons (Fsp3) is 0.533. The number of ether oxygens (including phenoxy) is 1. The third-order valence-corrected chi connectivity index (χ3v) is 3.43. The van der Waals surface area contributed by atoms with E-state index in [4.69, 9.17) is 4.74 Å². The molecule has 3 heteroatoms. The van der Waals surface area contributed by atoms with Crippen molar-refractivity contribution in [2.45, 2.75) is 38.8 Å². The summed E-state index contributed by atoms with van der Waals surface area (Å²) < 4.78 is 5.30. The summed E-state index contributed by atoms with van der Waals surface area (Å²) in [5.41, 5.74) is 2.48. The molecule has 1 saturated heterocycles. The van der Waals surface area contributed by atoms with E-state index in [1.54, 1.807) is 0 Å². The van der Waals surface area contributed by atoms with Crippen molar-refractivity contribution in [1.29, 1.82) is 0 Å².